The zero-order valence-corrected chi connectivity index (χ0v) is 14.6. The van der Waals surface area contributed by atoms with Gasteiger partial charge in [-0.2, -0.15) is 0 Å². The van der Waals surface area contributed by atoms with Gasteiger partial charge in [0, 0.05) is 37.9 Å². The molecule has 0 spiro atoms. The van der Waals surface area contributed by atoms with E-state index < -0.39 is 5.97 Å². The third-order valence-electron chi connectivity index (χ3n) is 4.83. The van der Waals surface area contributed by atoms with E-state index in [1.54, 1.807) is 6.20 Å². The molecule has 0 amide bonds. The molecule has 0 bridgehead atoms. The average molecular weight is 348 g/mol. The number of carboxylic acids is 1. The number of nitrogens with zero attached hydrogens (tertiary/aromatic N) is 4. The molecule has 1 N–H and O–H groups in total. The molecule has 0 unspecified atom stereocenters. The van der Waals surface area contributed by atoms with Gasteiger partial charge in [0.15, 0.2) is 5.69 Å². The first-order chi connectivity index (χ1) is 12.6. The van der Waals surface area contributed by atoms with E-state index in [9.17, 15) is 9.90 Å². The van der Waals surface area contributed by atoms with E-state index in [1.807, 2.05) is 47.4 Å². The first kappa shape index (κ1) is 16.5. The van der Waals surface area contributed by atoms with Crippen LogP contribution in [0.3, 0.4) is 0 Å². The Balaban J connectivity index is 1.74. The summed E-state index contributed by atoms with van der Waals surface area (Å²) in [5.74, 6) is -0.550. The number of fused-ring (bicyclic) bond motifs is 1. The van der Waals surface area contributed by atoms with Crippen LogP contribution in [0.15, 0.2) is 48.7 Å². The maximum absolute atomic E-state index is 11.8. The van der Waals surface area contributed by atoms with E-state index in [4.69, 9.17) is 0 Å². The van der Waals surface area contributed by atoms with Crippen LogP contribution in [0.4, 0.5) is 5.95 Å². The summed E-state index contributed by atoms with van der Waals surface area (Å²) in [6.07, 6.45) is 1.63. The fourth-order valence-electron chi connectivity index (χ4n) is 3.26. The lowest BCUT2D eigenvalue weighted by Crippen LogP contribution is -2.45. The highest BCUT2D eigenvalue weighted by Gasteiger charge is 2.21. The minimum absolute atomic E-state index is 0.0456. The van der Waals surface area contributed by atoms with Crippen molar-refractivity contribution in [3.05, 3.63) is 54.4 Å². The van der Waals surface area contributed by atoms with Crippen molar-refractivity contribution in [1.29, 1.82) is 0 Å². The summed E-state index contributed by atoms with van der Waals surface area (Å²) < 4.78 is 0. The Kier molecular flexibility index (Phi) is 4.26. The maximum Gasteiger partial charge on any atom is 0.355 e. The monoisotopic (exact) mass is 348 g/mol. The van der Waals surface area contributed by atoms with Gasteiger partial charge >= 0.3 is 5.97 Å². The molecule has 6 heteroatoms. The number of aromatic nitrogens is 2. The Hall–Kier alpha value is -2.99. The second kappa shape index (κ2) is 6.72. The molecule has 3 aromatic rings. The number of anilines is 1. The molecule has 2 aromatic carbocycles. The molecule has 6 nitrogen and oxygen atoms in total. The highest BCUT2D eigenvalue weighted by Crippen LogP contribution is 2.27. The number of benzene rings is 2. The summed E-state index contributed by atoms with van der Waals surface area (Å²) in [4.78, 5) is 24.9. The van der Waals surface area contributed by atoms with Gasteiger partial charge in [-0.25, -0.2) is 14.8 Å². The van der Waals surface area contributed by atoms with Crippen LogP contribution in [0.1, 0.15) is 10.5 Å². The number of hydrogen-bond donors (Lipinski definition) is 1. The molecule has 1 aromatic heterocycles. The number of rotatable bonds is 3. The Morgan fingerprint density at radius 1 is 1.04 bits per heavy atom. The highest BCUT2D eigenvalue weighted by atomic mass is 16.4. The summed E-state index contributed by atoms with van der Waals surface area (Å²) in [7, 11) is 2.07. The zero-order valence-electron chi connectivity index (χ0n) is 14.6. The minimum atomic E-state index is -1.04. The molecular weight excluding hydrogens is 328 g/mol. The van der Waals surface area contributed by atoms with Gasteiger partial charge in [0.1, 0.15) is 0 Å². The minimum Gasteiger partial charge on any atom is -0.476 e. The number of hydrogen-bond acceptors (Lipinski definition) is 5. The number of carbonyl (C=O) groups is 1. The van der Waals surface area contributed by atoms with Crippen LogP contribution in [0, 0.1) is 0 Å². The lowest BCUT2D eigenvalue weighted by molar-refractivity contribution is 0.0691. The Morgan fingerprint density at radius 3 is 2.50 bits per heavy atom. The van der Waals surface area contributed by atoms with E-state index in [-0.39, 0.29) is 5.69 Å². The van der Waals surface area contributed by atoms with Crippen molar-refractivity contribution in [2.24, 2.45) is 0 Å². The maximum atomic E-state index is 11.8. The summed E-state index contributed by atoms with van der Waals surface area (Å²) >= 11 is 0. The van der Waals surface area contributed by atoms with Crippen molar-refractivity contribution in [1.82, 2.24) is 14.9 Å². The summed E-state index contributed by atoms with van der Waals surface area (Å²) in [5, 5.41) is 11.9. The molecule has 1 saturated heterocycles. The van der Waals surface area contributed by atoms with Gasteiger partial charge in [0.2, 0.25) is 5.95 Å². The lowest BCUT2D eigenvalue weighted by atomic mass is 10.0. The highest BCUT2D eigenvalue weighted by molar-refractivity contribution is 5.96. The van der Waals surface area contributed by atoms with Gasteiger partial charge in [-0.1, -0.05) is 36.4 Å². The number of carboxylic acid groups (broad SMARTS) is 1. The summed E-state index contributed by atoms with van der Waals surface area (Å²) in [5.41, 5.74) is 1.40. The van der Waals surface area contributed by atoms with Gasteiger partial charge in [-0.15, -0.1) is 0 Å². The smallest absolute Gasteiger partial charge is 0.355 e. The molecule has 0 radical (unpaired) electrons. The number of aromatic carboxylic acids is 1. The molecule has 1 aliphatic rings. The Bertz CT molecular complexity index is 965. The molecule has 1 fully saturated rings. The molecule has 0 atom stereocenters. The van der Waals surface area contributed by atoms with Gasteiger partial charge in [0.05, 0.1) is 0 Å². The average Bonchev–Trinajstić information content (AvgIpc) is 2.67. The van der Waals surface area contributed by atoms with Crippen molar-refractivity contribution in [2.45, 2.75) is 0 Å². The topological polar surface area (TPSA) is 69.6 Å². The van der Waals surface area contributed by atoms with Crippen LogP contribution in [-0.4, -0.2) is 59.2 Å². The molecule has 132 valence electrons. The van der Waals surface area contributed by atoms with Crippen molar-refractivity contribution in [2.75, 3.05) is 38.1 Å². The fourth-order valence-corrected chi connectivity index (χ4v) is 3.26. The normalized spacial score (nSPS) is 15.3. The predicted octanol–water partition coefficient (Wildman–Crippen LogP) is 2.75. The fraction of sp³-hybridized carbons (Fsp3) is 0.250. The zero-order chi connectivity index (χ0) is 18.1. The van der Waals surface area contributed by atoms with Crippen molar-refractivity contribution in [3.63, 3.8) is 0 Å². The standard InChI is InChI=1S/C20H20N4O2/c1-23-8-10-24(11-9-23)20-21-13-17(18(22-20)19(25)26)16-7-6-14-4-2-3-5-15(14)12-16/h2-7,12-13H,8-11H2,1H3,(H,25,26). The van der Waals surface area contributed by atoms with Gasteiger partial charge in [0.25, 0.3) is 0 Å². The van der Waals surface area contributed by atoms with E-state index in [0.717, 1.165) is 42.5 Å². The molecule has 0 saturated carbocycles. The van der Waals surface area contributed by atoms with Crippen LogP contribution in [-0.2, 0) is 0 Å². The van der Waals surface area contributed by atoms with Crippen LogP contribution >= 0.6 is 0 Å². The Morgan fingerprint density at radius 2 is 1.77 bits per heavy atom. The predicted molar refractivity (Wildman–Crippen MR) is 102 cm³/mol. The molecule has 0 aliphatic carbocycles. The van der Waals surface area contributed by atoms with Crippen molar-refractivity contribution in [3.8, 4) is 11.1 Å². The van der Waals surface area contributed by atoms with E-state index in [2.05, 4.69) is 21.9 Å². The van der Waals surface area contributed by atoms with Crippen LogP contribution < -0.4 is 4.90 Å². The quantitative estimate of drug-likeness (QED) is 0.785. The molecule has 1 aliphatic heterocycles. The van der Waals surface area contributed by atoms with E-state index in [0.29, 0.717) is 11.5 Å². The van der Waals surface area contributed by atoms with Crippen molar-refractivity contribution >= 4 is 22.7 Å². The van der Waals surface area contributed by atoms with E-state index in [1.165, 1.54) is 0 Å². The summed E-state index contributed by atoms with van der Waals surface area (Å²) in [6, 6.07) is 13.9. The van der Waals surface area contributed by atoms with Crippen molar-refractivity contribution < 1.29 is 9.90 Å². The first-order valence-electron chi connectivity index (χ1n) is 8.65. The second-order valence-electron chi connectivity index (χ2n) is 6.59. The SMILES string of the molecule is CN1CCN(c2ncc(-c3ccc4ccccc4c3)c(C(=O)O)n2)CC1. The third-order valence-corrected chi connectivity index (χ3v) is 4.83. The van der Waals surface area contributed by atoms with E-state index >= 15 is 0 Å². The number of likely N-dealkylation sites (N-methyl/N-ethyl adjacent to an activating group) is 1. The number of piperazine rings is 1. The molecule has 26 heavy (non-hydrogen) atoms. The van der Waals surface area contributed by atoms with Gasteiger partial charge in [-0.3, -0.25) is 0 Å². The Labute approximate surface area is 151 Å². The second-order valence-corrected chi connectivity index (χ2v) is 6.59. The lowest BCUT2D eigenvalue weighted by Gasteiger charge is -2.32. The van der Waals surface area contributed by atoms with Crippen LogP contribution in [0.2, 0.25) is 0 Å². The largest absolute Gasteiger partial charge is 0.476 e. The molecular formula is C20H20N4O2. The summed E-state index contributed by atoms with van der Waals surface area (Å²) in [6.45, 7) is 3.42. The molecule has 4 rings (SSSR count). The first-order valence-corrected chi connectivity index (χ1v) is 8.65. The van der Waals surface area contributed by atoms with Crippen LogP contribution in [0.25, 0.3) is 21.9 Å². The third kappa shape index (κ3) is 3.11. The van der Waals surface area contributed by atoms with Gasteiger partial charge < -0.3 is 14.9 Å². The van der Waals surface area contributed by atoms with Gasteiger partial charge in [-0.05, 0) is 29.4 Å². The molecule has 2 heterocycles. The van der Waals surface area contributed by atoms with Crippen LogP contribution in [0.5, 0.6) is 0 Å².